The third-order valence-electron chi connectivity index (χ3n) is 15.9. The third kappa shape index (κ3) is 65.3. The second-order valence-electron chi connectivity index (χ2n) is 29.3. The topological polar surface area (TPSA) is 291 Å². The Bertz CT molecular complexity index is 2790. The number of ketones is 5. The summed E-state index contributed by atoms with van der Waals surface area (Å²) in [6.07, 6.45) is 10.2. The quantitative estimate of drug-likeness (QED) is 0.0154. The van der Waals surface area contributed by atoms with Gasteiger partial charge in [0.15, 0.2) is 0 Å². The van der Waals surface area contributed by atoms with Gasteiger partial charge in [-0.25, -0.2) is 0 Å². The van der Waals surface area contributed by atoms with Gasteiger partial charge in [-0.05, 0) is 45.1 Å². The van der Waals surface area contributed by atoms with Crippen molar-refractivity contribution in [3.05, 3.63) is 12.2 Å². The molecule has 0 aliphatic rings. The van der Waals surface area contributed by atoms with E-state index in [9.17, 15) is 47.9 Å². The molecule has 0 fully saturated rings. The number of unbranched alkanes of at least 4 members (excludes halogenated alkanes) is 3. The zero-order chi connectivity index (χ0) is 80.3. The molecule has 4 unspecified atom stereocenters. The van der Waals surface area contributed by atoms with Gasteiger partial charge in [0, 0.05) is 263 Å². The number of amides is 5. The van der Waals surface area contributed by atoms with Gasteiger partial charge in [0.25, 0.3) is 0 Å². The predicted molar refractivity (Wildman–Crippen MR) is 467 cm³/mol. The average molecular weight is 1680 g/mol. The van der Waals surface area contributed by atoms with Crippen molar-refractivity contribution in [2.24, 2.45) is 29.6 Å². The van der Waals surface area contributed by atoms with Crippen LogP contribution in [0.15, 0.2) is 12.2 Å². The van der Waals surface area contributed by atoms with Crippen LogP contribution in [0.1, 0.15) is 254 Å². The summed E-state index contributed by atoms with van der Waals surface area (Å²) in [5.41, 5.74) is 0. The second kappa shape index (κ2) is 66.6. The summed E-state index contributed by atoms with van der Waals surface area (Å²) in [5, 5.41) is 30.8. The van der Waals surface area contributed by atoms with E-state index in [0.717, 1.165) is 25.9 Å². The Balaban J connectivity index is -0.00000285. The number of rotatable bonds is 59. The standard InChI is InChI=1S/C56H106N8O8S3.C18H34N2O2.S8/c1-37(2)47(65)19-17-46(34-53(71)63-31-27-59-43(13)14)74-55(35-50(68)40(7)8,24-22-52(70)62-30-26-58-42(11)12)75-56(23-21-48(66)38(3)4,36-54(72)64-32-28-60-44(15)16)73-45(33-49(67)39(5)6)18-20-51(69)61-29-25-57-41(9)10;1-15(2)17(21)11-7-8-12-18(22)20-14-10-6-5-9-13-19-16(3)4;1-3-5-7-8-6-4-2/h37-46,57-60H,17-36H2,1-16H3,(H,61,69)(H,62,70)(H,63,71)(H,64,72);7-8,15-16,19H,5-6,9-14H2,1-4H3,(H,20,22);/b;8-7+;. The molecule has 4 atom stereocenters. The van der Waals surface area contributed by atoms with E-state index in [4.69, 9.17) is 0 Å². The molecule has 20 nitrogen and oxygen atoms in total. The van der Waals surface area contributed by atoms with Crippen LogP contribution >= 0.6 is 35.3 Å². The third-order valence-corrected chi connectivity index (χ3v) is 32.5. The van der Waals surface area contributed by atoms with Gasteiger partial charge < -0.3 is 53.2 Å². The van der Waals surface area contributed by atoms with Crippen LogP contribution in [0.4, 0.5) is 0 Å². The first-order valence-corrected chi connectivity index (χ1v) is 49.9. The molecule has 31 heteroatoms. The summed E-state index contributed by atoms with van der Waals surface area (Å²) >= 11 is 13.5. The molecule has 0 bridgehead atoms. The van der Waals surface area contributed by atoms with Crippen LogP contribution in [0, 0.1) is 29.6 Å². The van der Waals surface area contributed by atoms with Gasteiger partial charge in [0.05, 0.1) is 14.6 Å². The van der Waals surface area contributed by atoms with Crippen molar-refractivity contribution >= 4 is 169 Å². The minimum atomic E-state index is -1.22. The molecule has 5 amide bonds. The molecular weight excluding hydrogens is 1540 g/mol. The van der Waals surface area contributed by atoms with Crippen molar-refractivity contribution in [1.29, 1.82) is 0 Å². The van der Waals surface area contributed by atoms with Gasteiger partial charge in [-0.2, -0.15) is 0 Å². The maximum absolute atomic E-state index is 14.7. The largest absolute Gasteiger partial charge is 0.356 e. The summed E-state index contributed by atoms with van der Waals surface area (Å²) in [7, 11) is 9.12. The van der Waals surface area contributed by atoms with E-state index in [-0.39, 0.29) is 177 Å². The Morgan fingerprint density at radius 1 is 0.324 bits per heavy atom. The summed E-state index contributed by atoms with van der Waals surface area (Å²) in [4.78, 5) is 135. The molecule has 0 saturated carbocycles. The predicted octanol–water partition coefficient (Wildman–Crippen LogP) is 10.6. The smallest absolute Gasteiger partial charge is 0.223 e. The number of hydrogen-bond acceptors (Lipinski definition) is 20. The van der Waals surface area contributed by atoms with Crippen LogP contribution in [-0.2, 0) is 124 Å². The van der Waals surface area contributed by atoms with Crippen molar-refractivity contribution in [2.45, 2.75) is 303 Å². The van der Waals surface area contributed by atoms with Crippen LogP contribution in [0.25, 0.3) is 0 Å². The highest BCUT2D eigenvalue weighted by atomic mass is 33.4. The molecule has 0 radical (unpaired) electrons. The molecule has 0 aromatic heterocycles. The summed E-state index contributed by atoms with van der Waals surface area (Å²) in [6.45, 7) is 44.5. The van der Waals surface area contributed by atoms with Crippen LogP contribution in [0.2, 0.25) is 0 Å². The minimum absolute atomic E-state index is 0.00237. The van der Waals surface area contributed by atoms with Crippen LogP contribution < -0.4 is 53.2 Å². The highest BCUT2D eigenvalue weighted by Gasteiger charge is 2.48. The average Bonchev–Trinajstić information content (AvgIpc) is 0.785. The monoisotopic (exact) mass is 1680 g/mol. The fourth-order valence-corrected chi connectivity index (χ4v) is 27.5. The molecule has 0 aromatic carbocycles. The zero-order valence-electron chi connectivity index (χ0n) is 67.5. The molecule has 0 aliphatic carbocycles. The number of Topliss-reactive ketones (excluding diaryl/α,β-unsaturated/α-hetero) is 5. The fourth-order valence-electron chi connectivity index (χ4n) is 9.65. The SMILES string of the molecule is CC(C)NCCCCCCNC(=O)C/C=C/CC(=O)C(C)C.CC(C)NCCNC(=O)CCC(CC(=O)C(C)C)SC(CCC(=O)C(C)C)(CC(=O)NCCNC(C)C)SC(CCC(=O)NCCNC(C)C)(CC(=O)C(C)C)SC(CCC(=O)C(C)C)CC(=O)NCCNC(C)C.S=S=S=S=S=S=S=S. The maximum Gasteiger partial charge on any atom is 0.223 e. The Kier molecular flexibility index (Phi) is 68.0. The zero-order valence-corrected chi connectivity index (χ0v) is 76.4. The Hall–Kier alpha value is -1.95. The molecule has 0 aromatic rings. The molecular formula is C74H140N10O10S11. The van der Waals surface area contributed by atoms with E-state index in [2.05, 4.69) is 89.4 Å². The minimum Gasteiger partial charge on any atom is -0.356 e. The highest BCUT2D eigenvalue weighted by molar-refractivity contribution is 8.70. The lowest BCUT2D eigenvalue weighted by atomic mass is 10.0. The van der Waals surface area contributed by atoms with Crippen molar-refractivity contribution in [3.8, 4) is 0 Å². The highest BCUT2D eigenvalue weighted by Crippen LogP contribution is 2.60. The van der Waals surface area contributed by atoms with E-state index >= 15 is 0 Å². The molecule has 0 rings (SSSR count). The van der Waals surface area contributed by atoms with Gasteiger partial charge in [0.1, 0.15) is 28.9 Å². The van der Waals surface area contributed by atoms with Gasteiger partial charge in [-0.1, -0.05) is 163 Å². The molecule has 612 valence electrons. The van der Waals surface area contributed by atoms with E-state index in [1.54, 1.807) is 47.7 Å². The first-order chi connectivity index (χ1) is 49.3. The van der Waals surface area contributed by atoms with Crippen LogP contribution in [0.5, 0.6) is 0 Å². The number of nitrogens with one attached hydrogen (secondary N) is 10. The van der Waals surface area contributed by atoms with Gasteiger partial charge in [0.2, 0.25) is 29.5 Å². The molecule has 105 heavy (non-hydrogen) atoms. The summed E-state index contributed by atoms with van der Waals surface area (Å²) in [5.74, 6) is -2.02. The fraction of sp³-hybridized carbons (Fsp3) is 0.838. The number of carbonyl (C=O) groups excluding carboxylic acids is 10. The number of hydrogen-bond donors (Lipinski definition) is 10. The Labute approximate surface area is 674 Å². The van der Waals surface area contributed by atoms with E-state index in [1.807, 2.05) is 125 Å². The number of thioether (sulfide) groups is 3. The molecule has 0 aliphatic heterocycles. The normalized spacial score (nSPS) is 13.2. The van der Waals surface area contributed by atoms with E-state index < -0.39 is 24.6 Å². The van der Waals surface area contributed by atoms with Crippen LogP contribution in [0.3, 0.4) is 0 Å². The van der Waals surface area contributed by atoms with Crippen molar-refractivity contribution in [1.82, 2.24) is 53.2 Å². The Morgan fingerprint density at radius 2 is 0.686 bits per heavy atom. The molecule has 0 heterocycles. The molecule has 0 spiro atoms. The summed E-state index contributed by atoms with van der Waals surface area (Å²) in [6, 6.07) is 1.42. The van der Waals surface area contributed by atoms with Crippen molar-refractivity contribution < 1.29 is 47.9 Å². The second-order valence-corrected chi connectivity index (χ2v) is 45.6. The number of carbonyl (C=O) groups is 10. The first-order valence-electron chi connectivity index (χ1n) is 37.9. The Morgan fingerprint density at radius 3 is 1.13 bits per heavy atom. The van der Waals surface area contributed by atoms with Crippen molar-refractivity contribution in [3.63, 3.8) is 0 Å². The summed E-state index contributed by atoms with van der Waals surface area (Å²) < 4.78 is -2.43. The lowest BCUT2D eigenvalue weighted by molar-refractivity contribution is -0.123. The number of allylic oxidation sites excluding steroid dienone is 1. The van der Waals surface area contributed by atoms with E-state index in [0.29, 0.717) is 77.7 Å². The first kappa shape index (κ1) is 107. The van der Waals surface area contributed by atoms with Gasteiger partial charge in [-0.15, -0.1) is 35.3 Å². The van der Waals surface area contributed by atoms with Crippen LogP contribution in [-0.4, -0.2) is 173 Å². The molecule has 10 N–H and O–H groups in total. The molecule has 0 saturated heterocycles. The maximum atomic E-state index is 14.7. The van der Waals surface area contributed by atoms with E-state index in [1.165, 1.54) is 65.9 Å². The van der Waals surface area contributed by atoms with Gasteiger partial charge >= 0.3 is 0 Å². The van der Waals surface area contributed by atoms with Crippen molar-refractivity contribution in [2.75, 3.05) is 65.4 Å². The lowest BCUT2D eigenvalue weighted by Gasteiger charge is -2.45. The lowest BCUT2D eigenvalue weighted by Crippen LogP contribution is -2.43. The van der Waals surface area contributed by atoms with Gasteiger partial charge in [-0.3, -0.25) is 47.9 Å².